The van der Waals surface area contributed by atoms with Crippen molar-refractivity contribution in [2.24, 2.45) is 0 Å². The van der Waals surface area contributed by atoms with Crippen LogP contribution in [0.1, 0.15) is 24.5 Å². The first kappa shape index (κ1) is 16.0. The highest BCUT2D eigenvalue weighted by Gasteiger charge is 2.45. The van der Waals surface area contributed by atoms with Gasteiger partial charge in [-0.3, -0.25) is 0 Å². The molecule has 0 spiro atoms. The minimum absolute atomic E-state index is 0.270. The van der Waals surface area contributed by atoms with Crippen LogP contribution in [-0.2, 0) is 15.1 Å². The molecular weight excluding hydrogens is 296 g/mol. The quantitative estimate of drug-likeness (QED) is 0.570. The largest absolute Gasteiger partial charge is 0.446 e. The van der Waals surface area contributed by atoms with Crippen molar-refractivity contribution in [2.45, 2.75) is 18.9 Å². The van der Waals surface area contributed by atoms with Gasteiger partial charge in [0.2, 0.25) is 0 Å². The molecule has 1 unspecified atom stereocenters. The van der Waals surface area contributed by atoms with Crippen molar-refractivity contribution in [3.05, 3.63) is 102 Å². The highest BCUT2D eigenvalue weighted by atomic mass is 16.6. The Hall–Kier alpha value is -2.87. The number of carbonyl (C=O) groups is 1. The maximum atomic E-state index is 12.3. The van der Waals surface area contributed by atoms with E-state index in [1.807, 2.05) is 79.7 Å². The second-order valence-corrected chi connectivity index (χ2v) is 5.86. The molecule has 2 heteroatoms. The van der Waals surface area contributed by atoms with Crippen molar-refractivity contribution in [1.82, 2.24) is 0 Å². The summed E-state index contributed by atoms with van der Waals surface area (Å²) >= 11 is 0. The first-order valence-corrected chi connectivity index (χ1v) is 8.01. The molecule has 1 heterocycles. The van der Waals surface area contributed by atoms with E-state index in [1.54, 1.807) is 6.08 Å². The molecule has 0 saturated heterocycles. The van der Waals surface area contributed by atoms with Gasteiger partial charge < -0.3 is 4.74 Å². The molecule has 0 radical (unpaired) electrons. The zero-order valence-corrected chi connectivity index (χ0v) is 13.7. The molecule has 3 rings (SSSR count). The molecule has 2 aromatic carbocycles. The molecule has 120 valence electrons. The molecule has 24 heavy (non-hydrogen) atoms. The summed E-state index contributed by atoms with van der Waals surface area (Å²) in [5.74, 6) is -0.270. The molecule has 1 atom stereocenters. The standard InChI is InChI=1S/C22H20O2/c1-3-16-22(19-12-8-5-9-13-19)20(17(2)21(23)24-22)15-14-18-10-6-4-7-11-18/h3-15H,1,16H2,2H3/b15-14+. The predicted octanol–water partition coefficient (Wildman–Crippen LogP) is 5.04. The summed E-state index contributed by atoms with van der Waals surface area (Å²) in [5, 5.41) is 0. The van der Waals surface area contributed by atoms with Crippen LogP contribution in [0.4, 0.5) is 0 Å². The molecule has 0 saturated carbocycles. The Morgan fingerprint density at radius 1 is 1.00 bits per heavy atom. The highest BCUT2D eigenvalue weighted by molar-refractivity contribution is 5.94. The summed E-state index contributed by atoms with van der Waals surface area (Å²) in [6.07, 6.45) is 6.34. The SMILES string of the molecule is C=CCC1(c2ccccc2)OC(=O)C(C)=C1/C=C/c1ccccc1. The molecule has 1 aliphatic rings. The van der Waals surface area contributed by atoms with Gasteiger partial charge in [-0.05, 0) is 12.5 Å². The molecular formula is C22H20O2. The molecule has 1 aliphatic heterocycles. The molecule has 0 aromatic heterocycles. The van der Waals surface area contributed by atoms with Gasteiger partial charge >= 0.3 is 5.97 Å². The first-order chi connectivity index (χ1) is 11.7. The fraction of sp³-hybridized carbons (Fsp3) is 0.136. The van der Waals surface area contributed by atoms with Crippen LogP contribution < -0.4 is 0 Å². The number of hydrogen-bond donors (Lipinski definition) is 0. The monoisotopic (exact) mass is 316 g/mol. The van der Waals surface area contributed by atoms with Gasteiger partial charge in [0.15, 0.2) is 5.60 Å². The summed E-state index contributed by atoms with van der Waals surface area (Å²) in [6.45, 7) is 5.68. The lowest BCUT2D eigenvalue weighted by molar-refractivity contribution is -0.147. The van der Waals surface area contributed by atoms with Gasteiger partial charge in [0, 0.05) is 23.1 Å². The van der Waals surface area contributed by atoms with E-state index in [9.17, 15) is 4.79 Å². The minimum atomic E-state index is -0.796. The fourth-order valence-electron chi connectivity index (χ4n) is 3.10. The van der Waals surface area contributed by atoms with Gasteiger partial charge in [0.25, 0.3) is 0 Å². The van der Waals surface area contributed by atoms with Gasteiger partial charge in [-0.1, -0.05) is 78.9 Å². The van der Waals surface area contributed by atoms with Crippen molar-refractivity contribution in [1.29, 1.82) is 0 Å². The smallest absolute Gasteiger partial charge is 0.335 e. The van der Waals surface area contributed by atoms with Crippen molar-refractivity contribution < 1.29 is 9.53 Å². The lowest BCUT2D eigenvalue weighted by Gasteiger charge is -2.29. The van der Waals surface area contributed by atoms with Crippen LogP contribution in [0, 0.1) is 0 Å². The molecule has 0 bridgehead atoms. The van der Waals surface area contributed by atoms with Crippen LogP contribution >= 0.6 is 0 Å². The normalized spacial score (nSPS) is 20.5. The Kier molecular flexibility index (Phi) is 4.48. The predicted molar refractivity (Wildman–Crippen MR) is 97.2 cm³/mol. The van der Waals surface area contributed by atoms with Crippen LogP contribution in [0.25, 0.3) is 6.08 Å². The van der Waals surface area contributed by atoms with E-state index in [2.05, 4.69) is 6.58 Å². The molecule has 0 fully saturated rings. The maximum Gasteiger partial charge on any atom is 0.335 e. The van der Waals surface area contributed by atoms with E-state index < -0.39 is 5.60 Å². The number of ether oxygens (including phenoxy) is 1. The average molecular weight is 316 g/mol. The van der Waals surface area contributed by atoms with Gasteiger partial charge in [-0.2, -0.15) is 0 Å². The lowest BCUT2D eigenvalue weighted by Crippen LogP contribution is -2.28. The maximum absolute atomic E-state index is 12.3. The van der Waals surface area contributed by atoms with Crippen LogP contribution in [0.15, 0.2) is 90.5 Å². The Bertz CT molecular complexity index is 800. The summed E-state index contributed by atoms with van der Waals surface area (Å²) in [7, 11) is 0. The lowest BCUT2D eigenvalue weighted by atomic mass is 9.82. The van der Waals surface area contributed by atoms with E-state index in [1.165, 1.54) is 0 Å². The number of hydrogen-bond acceptors (Lipinski definition) is 2. The Morgan fingerprint density at radius 3 is 2.25 bits per heavy atom. The number of carbonyl (C=O) groups excluding carboxylic acids is 1. The number of esters is 1. The van der Waals surface area contributed by atoms with Crippen molar-refractivity contribution in [2.75, 3.05) is 0 Å². The molecule has 2 nitrogen and oxygen atoms in total. The first-order valence-electron chi connectivity index (χ1n) is 8.01. The number of benzene rings is 2. The highest BCUT2D eigenvalue weighted by Crippen LogP contribution is 2.45. The van der Waals surface area contributed by atoms with E-state index in [0.29, 0.717) is 12.0 Å². The summed E-state index contributed by atoms with van der Waals surface area (Å²) < 4.78 is 5.85. The van der Waals surface area contributed by atoms with Gasteiger partial charge in [-0.25, -0.2) is 4.79 Å². The van der Waals surface area contributed by atoms with Crippen molar-refractivity contribution in [3.63, 3.8) is 0 Å². The second-order valence-electron chi connectivity index (χ2n) is 5.86. The zero-order chi connectivity index (χ0) is 17.0. The summed E-state index contributed by atoms with van der Waals surface area (Å²) in [4.78, 5) is 12.3. The van der Waals surface area contributed by atoms with Crippen LogP contribution in [0.3, 0.4) is 0 Å². The molecule has 2 aromatic rings. The van der Waals surface area contributed by atoms with Gasteiger partial charge in [0.1, 0.15) is 0 Å². The van der Waals surface area contributed by atoms with E-state index in [0.717, 1.165) is 16.7 Å². The average Bonchev–Trinajstić information content (AvgIpc) is 2.86. The van der Waals surface area contributed by atoms with Crippen molar-refractivity contribution >= 4 is 12.0 Å². The molecule has 0 N–H and O–H groups in total. The topological polar surface area (TPSA) is 26.3 Å². The van der Waals surface area contributed by atoms with E-state index in [4.69, 9.17) is 4.74 Å². The second kappa shape index (κ2) is 6.71. The van der Waals surface area contributed by atoms with Crippen LogP contribution in [0.2, 0.25) is 0 Å². The molecule has 0 aliphatic carbocycles. The van der Waals surface area contributed by atoms with Gasteiger partial charge in [-0.15, -0.1) is 6.58 Å². The van der Waals surface area contributed by atoms with E-state index >= 15 is 0 Å². The van der Waals surface area contributed by atoms with Gasteiger partial charge in [0.05, 0.1) is 0 Å². The molecule has 0 amide bonds. The summed E-state index contributed by atoms with van der Waals surface area (Å²) in [6, 6.07) is 19.9. The third-order valence-corrected chi connectivity index (χ3v) is 4.33. The third kappa shape index (κ3) is 2.83. The van der Waals surface area contributed by atoms with Crippen molar-refractivity contribution in [3.8, 4) is 0 Å². The number of cyclic esters (lactones) is 1. The minimum Gasteiger partial charge on any atom is -0.446 e. The van der Waals surface area contributed by atoms with E-state index in [-0.39, 0.29) is 5.97 Å². The Morgan fingerprint density at radius 2 is 1.62 bits per heavy atom. The van der Waals surface area contributed by atoms with Crippen LogP contribution in [0.5, 0.6) is 0 Å². The fourth-order valence-corrected chi connectivity index (χ4v) is 3.10. The Balaban J connectivity index is 2.09. The Labute approximate surface area is 142 Å². The number of rotatable bonds is 5. The zero-order valence-electron chi connectivity index (χ0n) is 13.7. The van der Waals surface area contributed by atoms with Crippen LogP contribution in [-0.4, -0.2) is 5.97 Å². The summed E-state index contributed by atoms with van der Waals surface area (Å²) in [5.41, 5.74) is 2.78. The third-order valence-electron chi connectivity index (χ3n) is 4.33.